The van der Waals surface area contributed by atoms with E-state index in [1.54, 1.807) is 5.57 Å². The topological polar surface area (TPSA) is 36.7 Å². The Kier molecular flexibility index (Phi) is 3.14. The van der Waals surface area contributed by atoms with Gasteiger partial charge in [-0.05, 0) is 103 Å². The van der Waals surface area contributed by atoms with Crippen LogP contribution in [0, 0.1) is 45.3 Å². The first-order valence-electron chi connectivity index (χ1n) is 11.2. The van der Waals surface area contributed by atoms with Crippen molar-refractivity contribution in [3.8, 4) is 0 Å². The number of allylic oxidation sites excluding steroid dienone is 2. The predicted octanol–water partition coefficient (Wildman–Crippen LogP) is 6.14. The smallest absolute Gasteiger partial charge is 0.0343 e. The van der Waals surface area contributed by atoms with E-state index in [0.717, 1.165) is 29.9 Å². The van der Waals surface area contributed by atoms with Crippen LogP contribution in [0.4, 0.5) is 0 Å². The lowest BCUT2D eigenvalue weighted by Crippen LogP contribution is -2.54. The summed E-state index contributed by atoms with van der Waals surface area (Å²) in [6, 6.07) is 4.35. The number of pyridine rings is 1. The molecule has 0 aromatic carbocycles. The zero-order valence-electron chi connectivity index (χ0n) is 16.8. The molecule has 7 atom stereocenters. The summed E-state index contributed by atoms with van der Waals surface area (Å²) in [5, 5.41) is 8.43. The molecule has 0 radical (unpaired) electrons. The Balaban J connectivity index is 1.34. The van der Waals surface area contributed by atoms with Crippen molar-refractivity contribution in [3.63, 3.8) is 0 Å². The van der Waals surface area contributed by atoms with Gasteiger partial charge in [-0.15, -0.1) is 0 Å². The van der Waals surface area contributed by atoms with Gasteiger partial charge in [0.15, 0.2) is 0 Å². The zero-order chi connectivity index (χ0) is 18.4. The molecule has 142 valence electrons. The van der Waals surface area contributed by atoms with Gasteiger partial charge in [-0.2, -0.15) is 0 Å². The van der Waals surface area contributed by atoms with E-state index in [4.69, 9.17) is 5.41 Å². The summed E-state index contributed by atoms with van der Waals surface area (Å²) < 4.78 is 0. The molecule has 1 aromatic rings. The van der Waals surface area contributed by atoms with Crippen LogP contribution in [0.3, 0.4) is 0 Å². The minimum atomic E-state index is 0.343. The monoisotopic (exact) mass is 360 g/mol. The fourth-order valence-electron chi connectivity index (χ4n) is 8.77. The molecule has 27 heavy (non-hydrogen) atoms. The lowest BCUT2D eigenvalue weighted by Gasteiger charge is -2.61. The number of fused-ring (bicyclic) bond motifs is 4. The van der Waals surface area contributed by atoms with Crippen LogP contribution in [0.1, 0.15) is 70.8 Å². The van der Waals surface area contributed by atoms with Crippen molar-refractivity contribution in [2.24, 2.45) is 39.9 Å². The number of hydrogen-bond acceptors (Lipinski definition) is 2. The molecule has 0 amide bonds. The van der Waals surface area contributed by atoms with Crippen molar-refractivity contribution in [2.75, 3.05) is 0 Å². The van der Waals surface area contributed by atoms with Crippen molar-refractivity contribution in [1.29, 1.82) is 5.41 Å². The van der Waals surface area contributed by atoms with Gasteiger partial charge < -0.3 is 5.41 Å². The summed E-state index contributed by atoms with van der Waals surface area (Å²) in [6.07, 6.45) is 17.0. The second kappa shape index (κ2) is 5.13. The fourth-order valence-corrected chi connectivity index (χ4v) is 8.77. The van der Waals surface area contributed by atoms with E-state index in [9.17, 15) is 0 Å². The molecule has 0 aliphatic heterocycles. The minimum absolute atomic E-state index is 0.343. The Morgan fingerprint density at radius 3 is 2.81 bits per heavy atom. The maximum Gasteiger partial charge on any atom is 0.0343 e. The summed E-state index contributed by atoms with van der Waals surface area (Å²) in [6.45, 7) is 5.20. The van der Waals surface area contributed by atoms with Crippen LogP contribution in [0.15, 0.2) is 30.6 Å². The largest absolute Gasteiger partial charge is 0.309 e. The summed E-state index contributed by atoms with van der Waals surface area (Å²) in [5.41, 5.74) is 5.40. The van der Waals surface area contributed by atoms with Gasteiger partial charge in [0.2, 0.25) is 0 Å². The molecule has 5 aliphatic rings. The van der Waals surface area contributed by atoms with E-state index >= 15 is 0 Å². The highest BCUT2D eigenvalue weighted by Gasteiger charge is 2.72. The number of rotatable bonds is 1. The molecule has 2 heteroatoms. The third-order valence-electron chi connectivity index (χ3n) is 10.3. The van der Waals surface area contributed by atoms with E-state index < -0.39 is 0 Å². The number of nitrogens with one attached hydrogen (secondary N) is 1. The summed E-state index contributed by atoms with van der Waals surface area (Å²) in [4.78, 5) is 4.41. The second-order valence-corrected chi connectivity index (χ2v) is 10.8. The summed E-state index contributed by atoms with van der Waals surface area (Å²) in [7, 11) is 0. The van der Waals surface area contributed by atoms with Crippen molar-refractivity contribution in [3.05, 3.63) is 36.2 Å². The quantitative estimate of drug-likeness (QED) is 0.642. The molecule has 4 saturated carbocycles. The van der Waals surface area contributed by atoms with Crippen molar-refractivity contribution >= 4 is 11.3 Å². The Hall–Kier alpha value is -1.44. The van der Waals surface area contributed by atoms with Gasteiger partial charge in [0.25, 0.3) is 0 Å². The fraction of sp³-hybridized carbons (Fsp3) is 0.680. The molecule has 2 nitrogen and oxygen atoms in total. The van der Waals surface area contributed by atoms with Gasteiger partial charge in [0.1, 0.15) is 0 Å². The SMILES string of the molecule is C[C@]12CC[C@H]3[C@@H](CCC45CC4C(=N)CC[C@]35C)[C@@H]1CC=C2c1cccnc1. The number of hydrogen-bond donors (Lipinski definition) is 1. The second-order valence-electron chi connectivity index (χ2n) is 10.8. The van der Waals surface area contributed by atoms with Crippen molar-refractivity contribution in [1.82, 2.24) is 4.98 Å². The molecule has 1 aromatic heterocycles. The van der Waals surface area contributed by atoms with Gasteiger partial charge in [-0.25, -0.2) is 0 Å². The van der Waals surface area contributed by atoms with Crippen LogP contribution in [0.25, 0.3) is 5.57 Å². The minimum Gasteiger partial charge on any atom is -0.309 e. The maximum atomic E-state index is 8.43. The van der Waals surface area contributed by atoms with Gasteiger partial charge in [0.05, 0.1) is 0 Å². The van der Waals surface area contributed by atoms with Crippen LogP contribution in [-0.4, -0.2) is 10.7 Å². The standard InChI is InChI=1S/C25H32N2/c1-23-10-8-20-17(19(23)6-5-18(23)16-4-3-13-27-15-16)7-12-25-14-21(25)22(26)9-11-24(20,25)2/h3-5,13,15,17,19-21,26H,6-12,14H2,1-2H3/t17-,19-,20-,21?,23+,24+,25?/m0/s1. The number of aromatic nitrogens is 1. The van der Waals surface area contributed by atoms with Crippen molar-refractivity contribution in [2.45, 2.75) is 65.2 Å². The Bertz CT molecular complexity index is 841. The Morgan fingerprint density at radius 2 is 2.00 bits per heavy atom. The Labute approximate surface area is 163 Å². The highest BCUT2D eigenvalue weighted by atomic mass is 14.8. The van der Waals surface area contributed by atoms with Crippen LogP contribution < -0.4 is 0 Å². The molecule has 1 heterocycles. The van der Waals surface area contributed by atoms with Gasteiger partial charge in [-0.1, -0.05) is 26.0 Å². The average Bonchev–Trinajstić information content (AvgIpc) is 3.33. The predicted molar refractivity (Wildman–Crippen MR) is 109 cm³/mol. The molecule has 1 spiro atoms. The maximum absolute atomic E-state index is 8.43. The van der Waals surface area contributed by atoms with E-state index in [0.29, 0.717) is 22.2 Å². The van der Waals surface area contributed by atoms with Crippen LogP contribution in [-0.2, 0) is 0 Å². The highest BCUT2D eigenvalue weighted by molar-refractivity contribution is 5.89. The third kappa shape index (κ3) is 1.88. The van der Waals surface area contributed by atoms with Crippen LogP contribution in [0.5, 0.6) is 0 Å². The third-order valence-corrected chi connectivity index (χ3v) is 10.3. The molecule has 0 saturated heterocycles. The van der Waals surface area contributed by atoms with Crippen LogP contribution in [0.2, 0.25) is 0 Å². The van der Waals surface area contributed by atoms with E-state index in [1.165, 1.54) is 50.5 Å². The first-order valence-corrected chi connectivity index (χ1v) is 11.2. The lowest BCUT2D eigenvalue weighted by molar-refractivity contribution is -0.0985. The zero-order valence-corrected chi connectivity index (χ0v) is 16.8. The van der Waals surface area contributed by atoms with Gasteiger partial charge in [0, 0.05) is 24.0 Å². The van der Waals surface area contributed by atoms with E-state index in [2.05, 4.69) is 43.2 Å². The highest BCUT2D eigenvalue weighted by Crippen LogP contribution is 2.79. The first kappa shape index (κ1) is 16.5. The van der Waals surface area contributed by atoms with Crippen LogP contribution >= 0.6 is 0 Å². The summed E-state index contributed by atoms with van der Waals surface area (Å²) in [5.74, 6) is 3.25. The van der Waals surface area contributed by atoms with Crippen molar-refractivity contribution < 1.29 is 0 Å². The normalized spacial score (nSPS) is 50.1. The lowest BCUT2D eigenvalue weighted by atomic mass is 9.43. The van der Waals surface area contributed by atoms with Gasteiger partial charge in [-0.3, -0.25) is 4.98 Å². The molecule has 0 bridgehead atoms. The molecule has 1 N–H and O–H groups in total. The van der Waals surface area contributed by atoms with Gasteiger partial charge >= 0.3 is 0 Å². The van der Waals surface area contributed by atoms with E-state index in [-0.39, 0.29) is 0 Å². The molecular weight excluding hydrogens is 328 g/mol. The Morgan fingerprint density at radius 1 is 1.11 bits per heavy atom. The van der Waals surface area contributed by atoms with E-state index in [1.807, 2.05) is 6.20 Å². The average molecular weight is 361 g/mol. The number of nitrogens with zero attached hydrogens (tertiary/aromatic N) is 1. The summed E-state index contributed by atoms with van der Waals surface area (Å²) >= 11 is 0. The molecular formula is C25H32N2. The molecule has 4 fully saturated rings. The molecule has 5 aliphatic carbocycles. The first-order chi connectivity index (χ1) is 13.0. The molecule has 6 rings (SSSR count). The molecule has 2 unspecified atom stereocenters.